The van der Waals surface area contributed by atoms with E-state index >= 15 is 0 Å². The smallest absolute Gasteiger partial charge is 0.129 e. The Bertz CT molecular complexity index is 731. The van der Waals surface area contributed by atoms with Gasteiger partial charge in [-0.3, -0.25) is 4.68 Å². The zero-order valence-electron chi connectivity index (χ0n) is 12.0. The Morgan fingerprint density at radius 3 is 2.86 bits per heavy atom. The number of benzene rings is 1. The molecule has 0 amide bonds. The lowest BCUT2D eigenvalue weighted by atomic mass is 9.90. The molecule has 0 fully saturated rings. The summed E-state index contributed by atoms with van der Waals surface area (Å²) in [6.45, 7) is 1.78. The number of rotatable bonds is 4. The lowest BCUT2D eigenvalue weighted by Crippen LogP contribution is -2.11. The minimum atomic E-state index is -0.153. The Kier molecular flexibility index (Phi) is 3.56. The molecule has 0 unspecified atom stereocenters. The highest BCUT2D eigenvalue weighted by atomic mass is 19.1. The van der Waals surface area contributed by atoms with Crippen LogP contribution < -0.4 is 0 Å². The monoisotopic (exact) mass is 284 g/mol. The van der Waals surface area contributed by atoms with E-state index in [-0.39, 0.29) is 11.7 Å². The predicted octanol–water partition coefficient (Wildman–Crippen LogP) is 2.97. The normalized spacial score (nSPS) is 12.5. The van der Waals surface area contributed by atoms with Crippen LogP contribution in [0.3, 0.4) is 0 Å². The number of imidazole rings is 1. The van der Waals surface area contributed by atoms with Gasteiger partial charge in [0, 0.05) is 43.2 Å². The van der Waals surface area contributed by atoms with Gasteiger partial charge in [-0.15, -0.1) is 0 Å². The van der Waals surface area contributed by atoms with Crippen LogP contribution in [-0.4, -0.2) is 19.7 Å². The molecule has 1 atom stereocenters. The molecule has 1 aromatic carbocycles. The van der Waals surface area contributed by atoms with Crippen molar-refractivity contribution in [3.05, 3.63) is 71.3 Å². The van der Waals surface area contributed by atoms with E-state index in [1.54, 1.807) is 31.7 Å². The highest BCUT2D eigenvalue weighted by Crippen LogP contribution is 2.29. The molecule has 4 nitrogen and oxygen atoms in total. The van der Waals surface area contributed by atoms with Gasteiger partial charge in [0.25, 0.3) is 0 Å². The molecule has 0 radical (unpaired) electrons. The van der Waals surface area contributed by atoms with Crippen molar-refractivity contribution in [2.24, 2.45) is 7.05 Å². The van der Waals surface area contributed by atoms with Crippen molar-refractivity contribution in [1.29, 1.82) is 0 Å². The standard InChI is InChI=1S/C16H17FN4/c1-11-4-3-5-13(16(11)17)14(15-9-18-10-19-15)8-12-6-7-20-21(12)2/h3-7,9-10,14H,8H2,1-2H3,(H,18,19)/t14-/m1/s1. The van der Waals surface area contributed by atoms with E-state index < -0.39 is 0 Å². The molecule has 0 saturated carbocycles. The maximum Gasteiger partial charge on any atom is 0.129 e. The van der Waals surface area contributed by atoms with Crippen LogP contribution in [0.5, 0.6) is 0 Å². The molecule has 0 aliphatic heterocycles. The molecule has 0 bridgehead atoms. The molecule has 21 heavy (non-hydrogen) atoms. The summed E-state index contributed by atoms with van der Waals surface area (Å²) >= 11 is 0. The summed E-state index contributed by atoms with van der Waals surface area (Å²) in [7, 11) is 1.89. The van der Waals surface area contributed by atoms with Gasteiger partial charge in [0.1, 0.15) is 5.82 Å². The molecule has 3 aromatic rings. The maximum absolute atomic E-state index is 14.5. The highest BCUT2D eigenvalue weighted by molar-refractivity contribution is 5.34. The van der Waals surface area contributed by atoms with Crippen LogP contribution in [0.1, 0.15) is 28.4 Å². The van der Waals surface area contributed by atoms with Gasteiger partial charge in [-0.05, 0) is 24.1 Å². The fourth-order valence-electron chi connectivity index (χ4n) is 2.59. The van der Waals surface area contributed by atoms with Crippen LogP contribution in [0, 0.1) is 12.7 Å². The third kappa shape index (κ3) is 2.59. The van der Waals surface area contributed by atoms with Crippen molar-refractivity contribution in [3.63, 3.8) is 0 Å². The lowest BCUT2D eigenvalue weighted by Gasteiger charge is -2.17. The molecule has 1 N–H and O–H groups in total. The first-order valence-corrected chi connectivity index (χ1v) is 6.87. The summed E-state index contributed by atoms with van der Waals surface area (Å²) in [4.78, 5) is 7.18. The molecule has 0 aliphatic carbocycles. The van der Waals surface area contributed by atoms with Crippen LogP contribution in [-0.2, 0) is 13.5 Å². The summed E-state index contributed by atoms with van der Waals surface area (Å²) in [6, 6.07) is 7.47. The van der Waals surface area contributed by atoms with Gasteiger partial charge in [-0.25, -0.2) is 9.37 Å². The molecule has 0 aliphatic rings. The Balaban J connectivity index is 2.05. The number of aryl methyl sites for hydroxylation is 2. The van der Waals surface area contributed by atoms with Crippen LogP contribution in [0.2, 0.25) is 0 Å². The van der Waals surface area contributed by atoms with Crippen LogP contribution in [0.4, 0.5) is 4.39 Å². The molecular weight excluding hydrogens is 267 g/mol. The van der Waals surface area contributed by atoms with Gasteiger partial charge in [0.15, 0.2) is 0 Å². The van der Waals surface area contributed by atoms with E-state index in [9.17, 15) is 4.39 Å². The van der Waals surface area contributed by atoms with Crippen LogP contribution in [0.25, 0.3) is 0 Å². The number of hydrogen-bond acceptors (Lipinski definition) is 2. The van der Waals surface area contributed by atoms with E-state index in [1.165, 1.54) is 0 Å². The SMILES string of the molecule is Cc1cccc([C@@H](Cc2ccnn2C)c2cnc[nH]2)c1F. The van der Waals surface area contributed by atoms with Crippen LogP contribution in [0.15, 0.2) is 43.0 Å². The lowest BCUT2D eigenvalue weighted by molar-refractivity contribution is 0.577. The number of H-pyrrole nitrogens is 1. The third-order valence-electron chi connectivity index (χ3n) is 3.83. The molecule has 5 heteroatoms. The summed E-state index contributed by atoms with van der Waals surface area (Å²) in [5.41, 5.74) is 3.29. The predicted molar refractivity (Wildman–Crippen MR) is 78.5 cm³/mol. The molecule has 2 heterocycles. The minimum absolute atomic E-state index is 0.109. The molecule has 2 aromatic heterocycles. The van der Waals surface area contributed by atoms with Gasteiger partial charge in [-0.1, -0.05) is 18.2 Å². The maximum atomic E-state index is 14.5. The number of hydrogen-bond donors (Lipinski definition) is 1. The highest BCUT2D eigenvalue weighted by Gasteiger charge is 2.21. The van der Waals surface area contributed by atoms with E-state index in [2.05, 4.69) is 15.1 Å². The van der Waals surface area contributed by atoms with Crippen molar-refractivity contribution >= 4 is 0 Å². The van der Waals surface area contributed by atoms with Gasteiger partial charge in [0.2, 0.25) is 0 Å². The van der Waals surface area contributed by atoms with E-state index in [4.69, 9.17) is 0 Å². The second-order valence-electron chi connectivity index (χ2n) is 5.19. The molecule has 0 saturated heterocycles. The number of nitrogens with one attached hydrogen (secondary N) is 1. The molecule has 108 valence electrons. The Hall–Kier alpha value is -2.43. The Morgan fingerprint density at radius 1 is 1.33 bits per heavy atom. The second-order valence-corrected chi connectivity index (χ2v) is 5.19. The van der Waals surface area contributed by atoms with Crippen molar-refractivity contribution < 1.29 is 4.39 Å². The van der Waals surface area contributed by atoms with Crippen molar-refractivity contribution in [2.45, 2.75) is 19.3 Å². The van der Waals surface area contributed by atoms with E-state index in [1.807, 2.05) is 29.9 Å². The number of halogens is 1. The summed E-state index contributed by atoms with van der Waals surface area (Å²) in [5.74, 6) is -0.262. The average Bonchev–Trinajstić information content (AvgIpc) is 3.12. The first-order chi connectivity index (χ1) is 10.2. The second kappa shape index (κ2) is 5.52. The first-order valence-electron chi connectivity index (χ1n) is 6.87. The average molecular weight is 284 g/mol. The largest absolute Gasteiger partial charge is 0.348 e. The zero-order valence-corrected chi connectivity index (χ0v) is 12.0. The fourth-order valence-corrected chi connectivity index (χ4v) is 2.59. The van der Waals surface area contributed by atoms with Gasteiger partial charge in [0.05, 0.1) is 6.33 Å². The summed E-state index contributed by atoms with van der Waals surface area (Å²) < 4.78 is 16.3. The fraction of sp³-hybridized carbons (Fsp3) is 0.250. The van der Waals surface area contributed by atoms with E-state index in [0.717, 1.165) is 11.4 Å². The van der Waals surface area contributed by atoms with Gasteiger partial charge >= 0.3 is 0 Å². The molecule has 3 rings (SSSR count). The van der Waals surface area contributed by atoms with Crippen molar-refractivity contribution in [3.8, 4) is 0 Å². The van der Waals surface area contributed by atoms with Crippen LogP contribution >= 0.6 is 0 Å². The van der Waals surface area contributed by atoms with E-state index in [0.29, 0.717) is 17.5 Å². The molecular formula is C16H17FN4. The van der Waals surface area contributed by atoms with Gasteiger partial charge in [-0.2, -0.15) is 5.10 Å². The molecule has 0 spiro atoms. The summed E-state index contributed by atoms with van der Waals surface area (Å²) in [5, 5.41) is 4.18. The Morgan fingerprint density at radius 2 is 2.19 bits per heavy atom. The van der Waals surface area contributed by atoms with Crippen molar-refractivity contribution in [1.82, 2.24) is 19.7 Å². The van der Waals surface area contributed by atoms with Gasteiger partial charge < -0.3 is 4.98 Å². The first kappa shape index (κ1) is 13.5. The third-order valence-corrected chi connectivity index (χ3v) is 3.83. The quantitative estimate of drug-likeness (QED) is 0.800. The number of aromatic amines is 1. The minimum Gasteiger partial charge on any atom is -0.348 e. The zero-order chi connectivity index (χ0) is 14.8. The topological polar surface area (TPSA) is 46.5 Å². The summed E-state index contributed by atoms with van der Waals surface area (Å²) in [6.07, 6.45) is 5.80. The number of nitrogens with zero attached hydrogens (tertiary/aromatic N) is 3. The Labute approximate surface area is 122 Å². The van der Waals surface area contributed by atoms with Crippen molar-refractivity contribution in [2.75, 3.05) is 0 Å². The number of aromatic nitrogens is 4.